The number of amidine groups is 1. The molecule has 2 aliphatic rings. The van der Waals surface area contributed by atoms with Crippen molar-refractivity contribution >= 4 is 5.84 Å². The lowest BCUT2D eigenvalue weighted by Crippen LogP contribution is -2.55. The van der Waals surface area contributed by atoms with Crippen molar-refractivity contribution in [3.8, 4) is 0 Å². The van der Waals surface area contributed by atoms with Gasteiger partial charge in [-0.2, -0.15) is 8.78 Å². The fraction of sp³-hybridized carbons (Fsp3) is 0.769. The van der Waals surface area contributed by atoms with Gasteiger partial charge in [0, 0.05) is 37.2 Å². The summed E-state index contributed by atoms with van der Waals surface area (Å²) in [7, 11) is 0. The molecule has 0 amide bonds. The molecule has 2 aliphatic heterocycles. The lowest BCUT2D eigenvalue weighted by Gasteiger charge is -2.43. The van der Waals surface area contributed by atoms with Gasteiger partial charge in [-0.1, -0.05) is 25.3 Å². The largest absolute Gasteiger partial charge is 0.354 e. The van der Waals surface area contributed by atoms with Crippen LogP contribution in [-0.2, 0) is 0 Å². The molecule has 20 heavy (non-hydrogen) atoms. The van der Waals surface area contributed by atoms with E-state index in [-0.39, 0.29) is 11.4 Å². The third-order valence-corrected chi connectivity index (χ3v) is 3.70. The first-order valence-electron chi connectivity index (χ1n) is 6.75. The molecule has 1 fully saturated rings. The van der Waals surface area contributed by atoms with Crippen LogP contribution in [0.3, 0.4) is 0 Å². The Labute approximate surface area is 117 Å². The smallest absolute Gasteiger partial charge is 0.312 e. The van der Waals surface area contributed by atoms with E-state index in [2.05, 4.69) is 10.3 Å². The zero-order valence-corrected chi connectivity index (χ0v) is 12.3. The van der Waals surface area contributed by atoms with E-state index in [0.29, 0.717) is 26.2 Å². The Morgan fingerprint density at radius 1 is 1.25 bits per heavy atom. The van der Waals surface area contributed by atoms with Crippen LogP contribution < -0.4 is 5.32 Å². The molecule has 1 saturated heterocycles. The zero-order chi connectivity index (χ0) is 15.1. The Hall–Kier alpha value is -1.24. The molecule has 4 nitrogen and oxygen atoms in total. The van der Waals surface area contributed by atoms with E-state index in [0.717, 1.165) is 0 Å². The molecule has 0 aromatic heterocycles. The summed E-state index contributed by atoms with van der Waals surface area (Å²) in [6.45, 7) is 8.51. The molecule has 1 atom stereocenters. The van der Waals surface area contributed by atoms with Crippen molar-refractivity contribution in [1.29, 1.82) is 0 Å². The number of rotatable bonds is 0. The van der Waals surface area contributed by atoms with Crippen molar-refractivity contribution < 1.29 is 13.3 Å². The number of piperazine rings is 1. The molecule has 0 aromatic carbocycles. The highest BCUT2D eigenvalue weighted by Crippen LogP contribution is 2.44. The Kier molecular flexibility index (Phi) is 3.75. The maximum Gasteiger partial charge on any atom is 0.312 e. The third kappa shape index (κ3) is 2.28. The lowest BCUT2D eigenvalue weighted by molar-refractivity contribution is -0.197. The van der Waals surface area contributed by atoms with Crippen molar-refractivity contribution in [3.05, 3.63) is 11.5 Å². The van der Waals surface area contributed by atoms with Gasteiger partial charge in [-0.3, -0.25) is 0 Å². The fourth-order valence-electron chi connectivity index (χ4n) is 2.28. The van der Waals surface area contributed by atoms with Gasteiger partial charge < -0.3 is 10.2 Å². The molecule has 1 unspecified atom stereocenters. The first kappa shape index (κ1) is 15.2. The summed E-state index contributed by atoms with van der Waals surface area (Å²) in [6, 6.07) is 0. The zero-order valence-electron chi connectivity index (χ0n) is 12.3. The van der Waals surface area contributed by atoms with Crippen LogP contribution in [-0.4, -0.2) is 48.0 Å². The van der Waals surface area contributed by atoms with E-state index in [1.54, 1.807) is 4.90 Å². The molecular formula is C13H21F3N4. The highest BCUT2D eigenvalue weighted by atomic mass is 19.2. The third-order valence-electron chi connectivity index (χ3n) is 3.70. The van der Waals surface area contributed by atoms with Crippen molar-refractivity contribution in [1.82, 2.24) is 15.3 Å². The summed E-state index contributed by atoms with van der Waals surface area (Å²) in [5.74, 6) is -3.74. The normalized spacial score (nSPS) is 28.9. The standard InChI is InChI=1S/C13H21F3N4/c1-9-10(14)20(16)13(15,12(2,3)4)18-11(9)19-7-5-17-6-8-19/h17H,5-8H2,1-4H3. The second-order valence-electron chi connectivity index (χ2n) is 6.21. The molecule has 0 aromatic rings. The number of hydrogen-bond donors (Lipinski definition) is 1. The second kappa shape index (κ2) is 4.95. The Bertz CT molecular complexity index is 449. The molecule has 2 heterocycles. The van der Waals surface area contributed by atoms with E-state index in [9.17, 15) is 13.3 Å². The molecule has 1 N–H and O–H groups in total. The highest BCUT2D eigenvalue weighted by Gasteiger charge is 2.54. The number of alkyl halides is 1. The Morgan fingerprint density at radius 2 is 1.80 bits per heavy atom. The predicted octanol–water partition coefficient (Wildman–Crippen LogP) is 2.36. The van der Waals surface area contributed by atoms with Gasteiger partial charge in [0.2, 0.25) is 5.95 Å². The van der Waals surface area contributed by atoms with Crippen molar-refractivity contribution in [2.75, 3.05) is 26.2 Å². The molecule has 2 rings (SSSR count). The molecule has 7 heteroatoms. The van der Waals surface area contributed by atoms with Crippen LogP contribution in [0.1, 0.15) is 27.7 Å². The first-order chi connectivity index (χ1) is 9.18. The van der Waals surface area contributed by atoms with Gasteiger partial charge in [-0.15, -0.1) is 5.12 Å². The van der Waals surface area contributed by atoms with E-state index < -0.39 is 22.4 Å². The van der Waals surface area contributed by atoms with Crippen molar-refractivity contribution in [2.24, 2.45) is 10.4 Å². The summed E-state index contributed by atoms with van der Waals surface area (Å²) in [6.07, 6.45) is 0. The molecule has 0 radical (unpaired) electrons. The molecule has 0 saturated carbocycles. The van der Waals surface area contributed by atoms with E-state index >= 15 is 0 Å². The molecule has 0 spiro atoms. The summed E-state index contributed by atoms with van der Waals surface area (Å²) >= 11 is 0. The number of aliphatic imine (C=N–C) groups is 1. The lowest BCUT2D eigenvalue weighted by atomic mass is 9.89. The van der Waals surface area contributed by atoms with Gasteiger partial charge in [0.25, 0.3) is 0 Å². The fourth-order valence-corrected chi connectivity index (χ4v) is 2.28. The average molecular weight is 290 g/mol. The van der Waals surface area contributed by atoms with Gasteiger partial charge >= 0.3 is 5.92 Å². The molecule has 114 valence electrons. The average Bonchev–Trinajstić information content (AvgIpc) is 2.40. The Balaban J connectivity index is 2.45. The van der Waals surface area contributed by atoms with E-state index in [1.807, 2.05) is 0 Å². The van der Waals surface area contributed by atoms with Gasteiger partial charge in [0.1, 0.15) is 5.84 Å². The second-order valence-corrected chi connectivity index (χ2v) is 6.21. The maximum absolute atomic E-state index is 14.9. The van der Waals surface area contributed by atoms with E-state index in [1.165, 1.54) is 27.7 Å². The summed E-state index contributed by atoms with van der Waals surface area (Å²) in [5, 5.41) is 2.66. The Morgan fingerprint density at radius 3 is 2.30 bits per heavy atom. The first-order valence-corrected chi connectivity index (χ1v) is 6.75. The molecule has 0 bridgehead atoms. The summed E-state index contributed by atoms with van der Waals surface area (Å²) in [4.78, 5) is 5.71. The minimum Gasteiger partial charge on any atom is -0.354 e. The molecule has 0 aliphatic carbocycles. The van der Waals surface area contributed by atoms with Crippen LogP contribution in [0.25, 0.3) is 0 Å². The number of halogens is 3. The SMILES string of the molecule is CC1=C(F)N(F)C(F)(C(C)(C)C)N=C1N1CCNCC1. The minimum absolute atomic E-state index is 0.0342. The van der Waals surface area contributed by atoms with Crippen LogP contribution in [0, 0.1) is 5.41 Å². The van der Waals surface area contributed by atoms with Crippen molar-refractivity contribution in [2.45, 2.75) is 33.6 Å². The number of nitrogens with zero attached hydrogens (tertiary/aromatic N) is 3. The van der Waals surface area contributed by atoms with Crippen LogP contribution in [0.5, 0.6) is 0 Å². The van der Waals surface area contributed by atoms with Gasteiger partial charge in [0.05, 0.1) is 0 Å². The quantitative estimate of drug-likeness (QED) is 0.549. The van der Waals surface area contributed by atoms with Crippen molar-refractivity contribution in [3.63, 3.8) is 0 Å². The van der Waals surface area contributed by atoms with Gasteiger partial charge in [-0.05, 0) is 6.92 Å². The number of hydrogen-bond acceptors (Lipinski definition) is 4. The maximum atomic E-state index is 14.9. The minimum atomic E-state index is -2.74. The van der Waals surface area contributed by atoms with E-state index in [4.69, 9.17) is 0 Å². The number of nitrogens with one attached hydrogen (secondary N) is 1. The van der Waals surface area contributed by atoms with Crippen LogP contribution >= 0.6 is 0 Å². The van der Waals surface area contributed by atoms with Gasteiger partial charge in [-0.25, -0.2) is 4.99 Å². The predicted molar refractivity (Wildman–Crippen MR) is 71.9 cm³/mol. The van der Waals surface area contributed by atoms with Crippen LogP contribution in [0.4, 0.5) is 13.3 Å². The summed E-state index contributed by atoms with van der Waals surface area (Å²) < 4.78 is 43.0. The highest BCUT2D eigenvalue weighted by molar-refractivity contribution is 5.99. The van der Waals surface area contributed by atoms with Crippen LogP contribution in [0.15, 0.2) is 16.5 Å². The van der Waals surface area contributed by atoms with Crippen LogP contribution in [0.2, 0.25) is 0 Å². The topological polar surface area (TPSA) is 30.9 Å². The molecular weight excluding hydrogens is 269 g/mol. The summed E-state index contributed by atoms with van der Waals surface area (Å²) in [5.41, 5.74) is -1.16. The van der Waals surface area contributed by atoms with Gasteiger partial charge in [0.15, 0.2) is 0 Å². The monoisotopic (exact) mass is 290 g/mol.